The molecule has 5 nitrogen and oxygen atoms in total. The van der Waals surface area contributed by atoms with E-state index in [2.05, 4.69) is 33.7 Å². The number of esters is 1. The number of rotatable bonds is 11. The minimum Gasteiger partial charge on any atom is -0.469 e. The summed E-state index contributed by atoms with van der Waals surface area (Å²) < 4.78 is 33.7. The van der Waals surface area contributed by atoms with Crippen molar-refractivity contribution in [3.05, 3.63) is 100 Å². The summed E-state index contributed by atoms with van der Waals surface area (Å²) >= 11 is 5.93. The zero-order valence-corrected chi connectivity index (χ0v) is 21.0. The quantitative estimate of drug-likeness (QED) is 0.338. The van der Waals surface area contributed by atoms with Gasteiger partial charge in [-0.05, 0) is 73.6 Å². The van der Waals surface area contributed by atoms with Gasteiger partial charge >= 0.3 is 5.97 Å². The molecular weight excluding hydrogens is 470 g/mol. The first-order valence-corrected chi connectivity index (χ1v) is 13.1. The molecule has 0 heterocycles. The van der Waals surface area contributed by atoms with E-state index in [1.165, 1.54) is 24.8 Å². The van der Waals surface area contributed by atoms with E-state index >= 15 is 0 Å². The Bertz CT molecular complexity index is 1170. The summed E-state index contributed by atoms with van der Waals surface area (Å²) in [6.45, 7) is 2.04. The Labute approximate surface area is 207 Å². The molecule has 7 heteroatoms. The molecule has 3 aromatic carbocycles. The molecule has 1 N–H and O–H groups in total. The number of benzene rings is 3. The van der Waals surface area contributed by atoms with Crippen LogP contribution in [0.3, 0.4) is 0 Å². The van der Waals surface area contributed by atoms with Crippen molar-refractivity contribution in [2.75, 3.05) is 7.11 Å². The normalized spacial score (nSPS) is 12.3. The minimum atomic E-state index is -3.73. The molecule has 0 aliphatic carbocycles. The van der Waals surface area contributed by atoms with E-state index in [0.29, 0.717) is 24.3 Å². The third-order valence-electron chi connectivity index (χ3n) is 5.72. The van der Waals surface area contributed by atoms with E-state index in [9.17, 15) is 13.2 Å². The number of methoxy groups -OCH3 is 1. The molecule has 0 aliphatic rings. The standard InChI is InChI=1S/C27H30ClNO4S/c1-20-6-8-22(9-7-20)12-19-26(29-34(31,32)25-17-15-24(28)16-18-25)23-13-10-21(11-14-23)4-3-5-27(30)33-2/h6-11,13-18,26,29H,3-5,12,19H2,1-2H3. The van der Waals surface area contributed by atoms with Crippen molar-refractivity contribution in [3.8, 4) is 0 Å². The number of hydrogen-bond acceptors (Lipinski definition) is 4. The van der Waals surface area contributed by atoms with Crippen LogP contribution in [0.5, 0.6) is 0 Å². The van der Waals surface area contributed by atoms with Crippen LogP contribution in [-0.4, -0.2) is 21.5 Å². The number of aryl methyl sites for hydroxylation is 3. The van der Waals surface area contributed by atoms with Gasteiger partial charge in [0, 0.05) is 17.5 Å². The van der Waals surface area contributed by atoms with Gasteiger partial charge in [0.25, 0.3) is 0 Å². The van der Waals surface area contributed by atoms with Gasteiger partial charge in [-0.25, -0.2) is 13.1 Å². The molecule has 0 amide bonds. The molecule has 0 radical (unpaired) electrons. The predicted molar refractivity (Wildman–Crippen MR) is 135 cm³/mol. The monoisotopic (exact) mass is 499 g/mol. The average Bonchev–Trinajstić information content (AvgIpc) is 2.83. The van der Waals surface area contributed by atoms with E-state index in [-0.39, 0.29) is 10.9 Å². The second-order valence-corrected chi connectivity index (χ2v) is 10.5. The van der Waals surface area contributed by atoms with Crippen LogP contribution in [0.25, 0.3) is 0 Å². The first kappa shape index (κ1) is 25.9. The lowest BCUT2D eigenvalue weighted by molar-refractivity contribution is -0.140. The molecule has 3 aromatic rings. The molecule has 1 atom stereocenters. The number of hydrogen-bond donors (Lipinski definition) is 1. The van der Waals surface area contributed by atoms with E-state index in [0.717, 1.165) is 29.5 Å². The van der Waals surface area contributed by atoms with Crippen LogP contribution >= 0.6 is 11.6 Å². The molecule has 0 fully saturated rings. The number of carbonyl (C=O) groups excluding carboxylic acids is 1. The summed E-state index contributed by atoms with van der Waals surface area (Å²) in [7, 11) is -2.34. The van der Waals surface area contributed by atoms with Crippen LogP contribution in [0.2, 0.25) is 5.02 Å². The summed E-state index contributed by atoms with van der Waals surface area (Å²) in [5.41, 5.74) is 4.32. The molecule has 0 saturated heterocycles. The molecule has 0 spiro atoms. The van der Waals surface area contributed by atoms with E-state index in [1.807, 2.05) is 31.2 Å². The number of halogens is 1. The van der Waals surface area contributed by atoms with Gasteiger partial charge in [0.1, 0.15) is 0 Å². The first-order valence-electron chi connectivity index (χ1n) is 11.3. The fourth-order valence-corrected chi connectivity index (χ4v) is 5.07. The van der Waals surface area contributed by atoms with Crippen LogP contribution < -0.4 is 4.72 Å². The van der Waals surface area contributed by atoms with Crippen molar-refractivity contribution in [2.45, 2.75) is 50.0 Å². The van der Waals surface area contributed by atoms with Crippen LogP contribution in [0.15, 0.2) is 77.7 Å². The Morgan fingerprint density at radius 3 is 2.12 bits per heavy atom. The van der Waals surface area contributed by atoms with Gasteiger partial charge in [-0.3, -0.25) is 4.79 Å². The Hall–Kier alpha value is -2.67. The zero-order chi connectivity index (χ0) is 24.6. The van der Waals surface area contributed by atoms with Gasteiger partial charge in [0.2, 0.25) is 10.0 Å². The molecular formula is C27H30ClNO4S. The molecule has 3 rings (SSSR count). The molecule has 1 unspecified atom stereocenters. The Kier molecular flexibility index (Phi) is 9.28. The summed E-state index contributed by atoms with van der Waals surface area (Å²) in [6, 6.07) is 21.9. The Morgan fingerprint density at radius 2 is 1.50 bits per heavy atom. The predicted octanol–water partition coefficient (Wildman–Crippen LogP) is 5.80. The van der Waals surface area contributed by atoms with Crippen LogP contribution in [0.4, 0.5) is 0 Å². The molecule has 0 aliphatic heterocycles. The summed E-state index contributed by atoms with van der Waals surface area (Å²) in [5, 5.41) is 0.484. The number of sulfonamides is 1. The smallest absolute Gasteiger partial charge is 0.305 e. The lowest BCUT2D eigenvalue weighted by Gasteiger charge is -2.20. The van der Waals surface area contributed by atoms with Crippen molar-refractivity contribution >= 4 is 27.6 Å². The van der Waals surface area contributed by atoms with Gasteiger partial charge in [0.15, 0.2) is 0 Å². The molecule has 0 aromatic heterocycles. The fourth-order valence-electron chi connectivity index (χ4n) is 3.68. The summed E-state index contributed by atoms with van der Waals surface area (Å²) in [6.07, 6.45) is 3.16. The second-order valence-electron chi connectivity index (χ2n) is 8.32. The van der Waals surface area contributed by atoms with Crippen LogP contribution in [0.1, 0.15) is 47.6 Å². The highest BCUT2D eigenvalue weighted by Gasteiger charge is 2.21. The number of carbonyl (C=O) groups is 1. The highest BCUT2D eigenvalue weighted by molar-refractivity contribution is 7.89. The maximum Gasteiger partial charge on any atom is 0.305 e. The van der Waals surface area contributed by atoms with Crippen molar-refractivity contribution in [1.29, 1.82) is 0 Å². The third kappa shape index (κ3) is 7.69. The van der Waals surface area contributed by atoms with Gasteiger partial charge < -0.3 is 4.74 Å². The van der Waals surface area contributed by atoms with E-state index < -0.39 is 16.1 Å². The molecule has 0 saturated carbocycles. The maximum absolute atomic E-state index is 13.1. The fraction of sp³-hybridized carbons (Fsp3) is 0.296. The molecule has 0 bridgehead atoms. The largest absolute Gasteiger partial charge is 0.469 e. The SMILES string of the molecule is COC(=O)CCCc1ccc(C(CCc2ccc(C)cc2)NS(=O)(=O)c2ccc(Cl)cc2)cc1. The van der Waals surface area contributed by atoms with Crippen LogP contribution in [-0.2, 0) is 32.4 Å². The van der Waals surface area contributed by atoms with Crippen molar-refractivity contribution in [3.63, 3.8) is 0 Å². The topological polar surface area (TPSA) is 72.5 Å². The van der Waals surface area contributed by atoms with Crippen LogP contribution in [0, 0.1) is 6.92 Å². The van der Waals surface area contributed by atoms with Crippen molar-refractivity contribution in [2.24, 2.45) is 0 Å². The first-order chi connectivity index (χ1) is 16.3. The van der Waals surface area contributed by atoms with Gasteiger partial charge in [-0.2, -0.15) is 0 Å². The highest BCUT2D eigenvalue weighted by atomic mass is 35.5. The third-order valence-corrected chi connectivity index (χ3v) is 7.46. The summed E-state index contributed by atoms with van der Waals surface area (Å²) in [4.78, 5) is 11.5. The van der Waals surface area contributed by atoms with Gasteiger partial charge in [0.05, 0.1) is 12.0 Å². The van der Waals surface area contributed by atoms with Crippen molar-refractivity contribution < 1.29 is 17.9 Å². The Morgan fingerprint density at radius 1 is 0.912 bits per heavy atom. The molecule has 180 valence electrons. The van der Waals surface area contributed by atoms with Gasteiger partial charge in [-0.1, -0.05) is 65.7 Å². The zero-order valence-electron chi connectivity index (χ0n) is 19.5. The maximum atomic E-state index is 13.1. The average molecular weight is 500 g/mol. The Balaban J connectivity index is 1.77. The lowest BCUT2D eigenvalue weighted by atomic mass is 9.97. The molecule has 34 heavy (non-hydrogen) atoms. The van der Waals surface area contributed by atoms with Crippen molar-refractivity contribution in [1.82, 2.24) is 4.72 Å². The lowest BCUT2D eigenvalue weighted by Crippen LogP contribution is -2.29. The minimum absolute atomic E-state index is 0.177. The van der Waals surface area contributed by atoms with E-state index in [1.54, 1.807) is 12.1 Å². The summed E-state index contributed by atoms with van der Waals surface area (Å²) in [5.74, 6) is -0.218. The number of nitrogens with one attached hydrogen (secondary N) is 1. The highest BCUT2D eigenvalue weighted by Crippen LogP contribution is 2.24. The number of ether oxygens (including phenoxy) is 1. The van der Waals surface area contributed by atoms with E-state index in [4.69, 9.17) is 11.6 Å². The van der Waals surface area contributed by atoms with Gasteiger partial charge in [-0.15, -0.1) is 0 Å². The second kappa shape index (κ2) is 12.2.